The Balaban J connectivity index is 1.27. The highest BCUT2D eigenvalue weighted by atomic mass is 15.2. The van der Waals surface area contributed by atoms with Gasteiger partial charge in [-0.3, -0.25) is 9.13 Å². The average molecular weight is 752 g/mol. The normalized spacial score (nSPS) is 18.1. The monoisotopic (exact) mass is 751 g/mol. The third-order valence-electron chi connectivity index (χ3n) is 12.1. The molecule has 0 amide bonds. The number of benzene rings is 5. The number of nitrogens with zero attached hydrogens (tertiary/aromatic N) is 7. The predicted molar refractivity (Wildman–Crippen MR) is 236 cm³/mol. The minimum Gasteiger partial charge on any atom is -0.276 e. The van der Waals surface area contributed by atoms with Gasteiger partial charge < -0.3 is 0 Å². The van der Waals surface area contributed by atoms with Gasteiger partial charge in [0.25, 0.3) is 0 Å². The fourth-order valence-corrected chi connectivity index (χ4v) is 9.13. The van der Waals surface area contributed by atoms with Gasteiger partial charge in [-0.05, 0) is 49.3 Å². The fourth-order valence-electron chi connectivity index (χ4n) is 9.13. The predicted octanol–water partition coefficient (Wildman–Crippen LogP) is 12.2. The van der Waals surface area contributed by atoms with Crippen molar-refractivity contribution in [3.05, 3.63) is 169 Å². The lowest BCUT2D eigenvalue weighted by Gasteiger charge is -2.25. The van der Waals surface area contributed by atoms with E-state index in [1.54, 1.807) is 0 Å². The van der Waals surface area contributed by atoms with Crippen LogP contribution in [0.3, 0.4) is 0 Å². The second-order valence-corrected chi connectivity index (χ2v) is 15.7. The molecule has 0 bridgehead atoms. The highest BCUT2D eigenvalue weighted by Crippen LogP contribution is 2.42. The van der Waals surface area contributed by atoms with E-state index in [2.05, 4.69) is 169 Å². The van der Waals surface area contributed by atoms with Gasteiger partial charge in [0.1, 0.15) is 5.82 Å². The van der Waals surface area contributed by atoms with Crippen LogP contribution in [0.5, 0.6) is 0 Å². The zero-order chi connectivity index (χ0) is 38.7. The molecule has 2 aliphatic carbocycles. The lowest BCUT2D eigenvalue weighted by atomic mass is 9.84. The topological polar surface area (TPSA) is 74.3 Å². The first kappa shape index (κ1) is 34.3. The average Bonchev–Trinajstić information content (AvgIpc) is 3.80. The van der Waals surface area contributed by atoms with Crippen LogP contribution < -0.4 is 0 Å². The summed E-state index contributed by atoms with van der Waals surface area (Å²) >= 11 is 0. The standard InChI is InChI=1S/C51H41N7/c1-32-17-9-11-23-36(32)48-54-49(37-24-12-10-18-33(37)2)56-51(55-48)58-45-28-16-14-26-39(45)41-30-29-40-38-25-13-15-27-44(38)57(46(40)47(41)58)50-52-42(34-19-5-3-6-20-34)31-43(53-50)35-21-7-4-8-22-35/h3-11,13-16,18-23,25-33,37H,12,17,24H2,1-2H3. The van der Waals surface area contributed by atoms with Crippen LogP contribution >= 0.6 is 0 Å². The molecular weight excluding hydrogens is 711 g/mol. The van der Waals surface area contributed by atoms with Gasteiger partial charge in [0.2, 0.25) is 11.9 Å². The minimum absolute atomic E-state index is 0.186. The van der Waals surface area contributed by atoms with Crippen molar-refractivity contribution >= 4 is 49.2 Å². The van der Waals surface area contributed by atoms with E-state index in [-0.39, 0.29) is 11.8 Å². The van der Waals surface area contributed by atoms with Crippen LogP contribution in [-0.4, -0.2) is 34.1 Å². The van der Waals surface area contributed by atoms with Crippen molar-refractivity contribution in [1.82, 2.24) is 34.1 Å². The lowest BCUT2D eigenvalue weighted by Crippen LogP contribution is -2.19. The molecule has 4 heterocycles. The Morgan fingerprint density at radius 1 is 0.552 bits per heavy atom. The zero-order valence-corrected chi connectivity index (χ0v) is 32.5. The Morgan fingerprint density at radius 3 is 1.71 bits per heavy atom. The summed E-state index contributed by atoms with van der Waals surface area (Å²) in [4.78, 5) is 26.9. The van der Waals surface area contributed by atoms with Gasteiger partial charge in [-0.2, -0.15) is 9.97 Å². The molecule has 0 radical (unpaired) electrons. The molecule has 0 spiro atoms. The number of fused-ring (bicyclic) bond motifs is 7. The largest absolute Gasteiger partial charge is 0.276 e. The van der Waals surface area contributed by atoms with Gasteiger partial charge >= 0.3 is 0 Å². The van der Waals surface area contributed by atoms with E-state index in [4.69, 9.17) is 24.9 Å². The summed E-state index contributed by atoms with van der Waals surface area (Å²) in [6.07, 6.45) is 14.1. The van der Waals surface area contributed by atoms with Crippen LogP contribution in [0.2, 0.25) is 0 Å². The Kier molecular flexibility index (Phi) is 8.21. The fraction of sp³-hybridized carbons (Fsp3) is 0.157. The summed E-state index contributed by atoms with van der Waals surface area (Å²) in [7, 11) is 0. The van der Waals surface area contributed by atoms with Gasteiger partial charge in [-0.15, -0.1) is 0 Å². The highest BCUT2D eigenvalue weighted by molar-refractivity contribution is 6.23. The molecule has 5 aromatic carbocycles. The van der Waals surface area contributed by atoms with E-state index in [1.807, 2.05) is 12.1 Å². The summed E-state index contributed by atoms with van der Waals surface area (Å²) in [5.74, 6) is 3.62. The van der Waals surface area contributed by atoms with Gasteiger partial charge in [0, 0.05) is 44.2 Å². The number of aromatic nitrogens is 7. The molecule has 0 aliphatic heterocycles. The number of hydrogen-bond acceptors (Lipinski definition) is 5. The Labute approximate surface area is 336 Å². The van der Waals surface area contributed by atoms with Crippen LogP contribution in [-0.2, 0) is 0 Å². The van der Waals surface area contributed by atoms with E-state index in [0.29, 0.717) is 17.8 Å². The first-order valence-corrected chi connectivity index (χ1v) is 20.4. The molecule has 9 aromatic rings. The molecule has 7 heteroatoms. The maximum Gasteiger partial charge on any atom is 0.238 e. The van der Waals surface area contributed by atoms with Gasteiger partial charge in [-0.1, -0.05) is 153 Å². The van der Waals surface area contributed by atoms with Crippen molar-refractivity contribution in [1.29, 1.82) is 0 Å². The molecule has 2 aliphatic rings. The molecule has 0 N–H and O–H groups in total. The molecular formula is C51H41N7. The van der Waals surface area contributed by atoms with Crippen molar-refractivity contribution in [2.75, 3.05) is 0 Å². The molecule has 3 atom stereocenters. The van der Waals surface area contributed by atoms with Crippen LogP contribution in [0.15, 0.2) is 158 Å². The minimum atomic E-state index is 0.186. The van der Waals surface area contributed by atoms with E-state index >= 15 is 0 Å². The highest BCUT2D eigenvalue weighted by Gasteiger charge is 2.29. The molecule has 58 heavy (non-hydrogen) atoms. The summed E-state index contributed by atoms with van der Waals surface area (Å²) in [6, 6.07) is 44.6. The second-order valence-electron chi connectivity index (χ2n) is 15.7. The Hall–Kier alpha value is -6.99. The van der Waals surface area contributed by atoms with Crippen LogP contribution in [0, 0.1) is 11.8 Å². The lowest BCUT2D eigenvalue weighted by molar-refractivity contribution is 0.466. The molecule has 4 aromatic heterocycles. The molecule has 280 valence electrons. The summed E-state index contributed by atoms with van der Waals surface area (Å²) in [5.41, 5.74) is 8.99. The Bertz CT molecular complexity index is 3080. The third-order valence-corrected chi connectivity index (χ3v) is 12.1. The van der Waals surface area contributed by atoms with Crippen LogP contribution in [0.25, 0.3) is 83.6 Å². The number of para-hydroxylation sites is 2. The molecule has 0 saturated carbocycles. The van der Waals surface area contributed by atoms with E-state index in [0.717, 1.165) is 103 Å². The number of allylic oxidation sites excluding steroid dienone is 6. The third kappa shape index (κ3) is 5.60. The van der Waals surface area contributed by atoms with E-state index < -0.39 is 0 Å². The first-order chi connectivity index (χ1) is 28.6. The zero-order valence-electron chi connectivity index (χ0n) is 32.5. The maximum absolute atomic E-state index is 5.46. The molecule has 3 unspecified atom stereocenters. The maximum atomic E-state index is 5.46. The molecule has 0 fully saturated rings. The molecule has 11 rings (SSSR count). The van der Waals surface area contributed by atoms with E-state index in [1.165, 1.54) is 0 Å². The van der Waals surface area contributed by atoms with Gasteiger partial charge in [-0.25, -0.2) is 15.0 Å². The molecule has 0 saturated heterocycles. The molecule has 7 nitrogen and oxygen atoms in total. The number of hydrogen-bond donors (Lipinski definition) is 0. The second kappa shape index (κ2) is 13.9. The number of rotatable bonds is 6. The quantitative estimate of drug-likeness (QED) is 0.158. The smallest absolute Gasteiger partial charge is 0.238 e. The first-order valence-electron chi connectivity index (χ1n) is 20.4. The summed E-state index contributed by atoms with van der Waals surface area (Å²) in [6.45, 7) is 4.55. The van der Waals surface area contributed by atoms with Crippen molar-refractivity contribution in [2.45, 2.75) is 39.0 Å². The van der Waals surface area contributed by atoms with Gasteiger partial charge in [0.05, 0.1) is 33.5 Å². The van der Waals surface area contributed by atoms with E-state index in [9.17, 15) is 0 Å². The van der Waals surface area contributed by atoms with Crippen LogP contribution in [0.4, 0.5) is 0 Å². The van der Waals surface area contributed by atoms with Crippen molar-refractivity contribution in [3.8, 4) is 34.4 Å². The van der Waals surface area contributed by atoms with Crippen molar-refractivity contribution in [3.63, 3.8) is 0 Å². The van der Waals surface area contributed by atoms with Gasteiger partial charge in [0.15, 0.2) is 5.82 Å². The van der Waals surface area contributed by atoms with Crippen molar-refractivity contribution in [2.24, 2.45) is 11.8 Å². The van der Waals surface area contributed by atoms with Crippen LogP contribution in [0.1, 0.15) is 50.7 Å². The summed E-state index contributed by atoms with van der Waals surface area (Å²) < 4.78 is 4.54. The SMILES string of the molecule is CC1CC=CC=C1c1nc(C2CCC=CC2C)nc(-n2c3ccccc3c3ccc4c5ccccc5n(-c5nc(-c6ccccc6)cc(-c6ccccc6)n5)c4c32)n1. The summed E-state index contributed by atoms with van der Waals surface area (Å²) in [5, 5.41) is 4.47. The Morgan fingerprint density at radius 2 is 1.12 bits per heavy atom. The van der Waals surface area contributed by atoms with Crippen molar-refractivity contribution < 1.29 is 0 Å².